The fourth-order valence-corrected chi connectivity index (χ4v) is 0.340. The second kappa shape index (κ2) is 8.92. The predicted molar refractivity (Wildman–Crippen MR) is 51.2 cm³/mol. The third-order valence-corrected chi connectivity index (χ3v) is 1.31. The summed E-state index contributed by atoms with van der Waals surface area (Å²) in [7, 11) is 0. The molecule has 0 unspecified atom stereocenters. The molecular formula is C11H15Hf-. The van der Waals surface area contributed by atoms with Crippen LogP contribution in [0.3, 0.4) is 0 Å². The first-order chi connectivity index (χ1) is 5.14. The van der Waals surface area contributed by atoms with Crippen LogP contribution < -0.4 is 0 Å². The van der Waals surface area contributed by atoms with E-state index in [9.17, 15) is 0 Å². The number of hydrogen-bond acceptors (Lipinski definition) is 0. The van der Waals surface area contributed by atoms with Crippen molar-refractivity contribution in [2.75, 3.05) is 0 Å². The Bertz CT molecular complexity index is 175. The fourth-order valence-electron chi connectivity index (χ4n) is 0.340. The first-order valence-electron chi connectivity index (χ1n) is 3.67. The Hall–Kier alpha value is -0.170. The third-order valence-electron chi connectivity index (χ3n) is 1.31. The molecule has 0 amide bonds. The molecule has 0 saturated heterocycles. The van der Waals surface area contributed by atoms with Crippen molar-refractivity contribution in [1.82, 2.24) is 0 Å². The Kier molecular flexibility index (Phi) is 10.7. The van der Waals surface area contributed by atoms with Crippen molar-refractivity contribution in [2.45, 2.75) is 20.3 Å². The van der Waals surface area contributed by atoms with Gasteiger partial charge in [0.05, 0.1) is 0 Å². The maximum Gasteiger partial charge on any atom is 0 e. The van der Waals surface area contributed by atoms with Crippen molar-refractivity contribution < 1.29 is 25.8 Å². The van der Waals surface area contributed by atoms with Gasteiger partial charge in [-0.1, -0.05) is 24.3 Å². The molecule has 0 aromatic heterocycles. The Morgan fingerprint density at radius 3 is 1.83 bits per heavy atom. The van der Waals surface area contributed by atoms with Gasteiger partial charge in [-0.3, -0.25) is 6.08 Å². The van der Waals surface area contributed by atoms with E-state index in [2.05, 4.69) is 25.3 Å². The van der Waals surface area contributed by atoms with Gasteiger partial charge in [-0.25, -0.2) is 12.2 Å². The van der Waals surface area contributed by atoms with Crippen LogP contribution in [0.4, 0.5) is 0 Å². The van der Waals surface area contributed by atoms with Gasteiger partial charge in [0.15, 0.2) is 0 Å². The Balaban J connectivity index is 0. The third kappa shape index (κ3) is 9.83. The summed E-state index contributed by atoms with van der Waals surface area (Å²) in [6.45, 7) is 11.2. The first-order valence-corrected chi connectivity index (χ1v) is 3.67. The predicted octanol–water partition coefficient (Wildman–Crippen LogP) is 3.44. The molecule has 0 radical (unpaired) electrons. The molecule has 0 aliphatic heterocycles. The molecule has 1 heteroatoms. The topological polar surface area (TPSA) is 0 Å². The molecule has 0 fully saturated rings. The molecule has 0 aromatic carbocycles. The molecule has 0 saturated carbocycles. The number of rotatable bonds is 1. The molecule has 0 atom stereocenters. The minimum absolute atomic E-state index is 0. The molecule has 0 N–H and O–H groups in total. The molecule has 0 spiro atoms. The Morgan fingerprint density at radius 1 is 1.25 bits per heavy atom. The van der Waals surface area contributed by atoms with Crippen molar-refractivity contribution >= 4 is 0 Å². The van der Waals surface area contributed by atoms with Crippen LogP contribution in [0.5, 0.6) is 0 Å². The first kappa shape index (κ1) is 14.4. The largest absolute Gasteiger partial charge is 0.273 e. The quantitative estimate of drug-likeness (QED) is 0.393. The maximum absolute atomic E-state index is 3.66. The molecule has 64 valence electrons. The normalized spacial score (nSPS) is 11.2. The fraction of sp³-hybridized carbons (Fsp3) is 0.273. The van der Waals surface area contributed by atoms with E-state index in [0.717, 1.165) is 17.6 Å². The van der Waals surface area contributed by atoms with E-state index in [-0.39, 0.29) is 25.8 Å². The summed E-state index contributed by atoms with van der Waals surface area (Å²) in [6, 6.07) is 0. The number of hydrogen-bond donors (Lipinski definition) is 0. The maximum atomic E-state index is 3.66. The summed E-state index contributed by atoms with van der Waals surface area (Å²) >= 11 is 0. The minimum atomic E-state index is 0. The zero-order valence-electron chi connectivity index (χ0n) is 7.85. The van der Waals surface area contributed by atoms with Crippen LogP contribution in [-0.4, -0.2) is 0 Å². The van der Waals surface area contributed by atoms with Crippen LogP contribution in [0.25, 0.3) is 0 Å². The van der Waals surface area contributed by atoms with Gasteiger partial charge in [0.1, 0.15) is 0 Å². The van der Waals surface area contributed by atoms with Crippen molar-refractivity contribution in [1.29, 1.82) is 0 Å². The zero-order chi connectivity index (χ0) is 8.69. The van der Waals surface area contributed by atoms with Crippen LogP contribution in [0.15, 0.2) is 42.5 Å². The van der Waals surface area contributed by atoms with Crippen molar-refractivity contribution in [3.63, 3.8) is 0 Å². The Morgan fingerprint density at radius 2 is 1.75 bits per heavy atom. The molecular weight excluding hydrogens is 311 g/mol. The summed E-state index contributed by atoms with van der Waals surface area (Å²) in [4.78, 5) is 0. The average molecular weight is 326 g/mol. The van der Waals surface area contributed by atoms with Gasteiger partial charge < -0.3 is 0 Å². The van der Waals surface area contributed by atoms with Gasteiger partial charge >= 0.3 is 0 Å². The van der Waals surface area contributed by atoms with Gasteiger partial charge in [-0.2, -0.15) is 6.08 Å². The molecule has 1 rings (SSSR count). The molecule has 0 heterocycles. The SMILES string of the molecule is C=C(C)C(=C)C.[C-]1=CC=CC1.[Hf]. The summed E-state index contributed by atoms with van der Waals surface area (Å²) in [5.74, 6) is 0. The standard InChI is InChI=1S/C6H10.C5H5.Hf/c1-5(2)6(3)4;1-2-4-5-3-1;/h1,3H2,2,4H3;1-3H,4H2;/q;-1;. The molecule has 1 aliphatic carbocycles. The summed E-state index contributed by atoms with van der Waals surface area (Å²) in [5, 5.41) is 0. The van der Waals surface area contributed by atoms with E-state index in [0.29, 0.717) is 0 Å². The minimum Gasteiger partial charge on any atom is -0.273 e. The van der Waals surface area contributed by atoms with E-state index in [1.807, 2.05) is 26.0 Å². The van der Waals surface area contributed by atoms with E-state index in [1.54, 1.807) is 0 Å². The van der Waals surface area contributed by atoms with E-state index >= 15 is 0 Å². The van der Waals surface area contributed by atoms with Crippen LogP contribution in [0.2, 0.25) is 0 Å². The van der Waals surface area contributed by atoms with Gasteiger partial charge in [-0.15, -0.1) is 6.42 Å². The second-order valence-electron chi connectivity index (χ2n) is 2.56. The van der Waals surface area contributed by atoms with Gasteiger partial charge in [0.25, 0.3) is 0 Å². The molecule has 0 nitrogen and oxygen atoms in total. The van der Waals surface area contributed by atoms with Crippen LogP contribution in [0.1, 0.15) is 20.3 Å². The zero-order valence-corrected chi connectivity index (χ0v) is 11.4. The smallest absolute Gasteiger partial charge is 0 e. The van der Waals surface area contributed by atoms with Crippen molar-refractivity contribution in [2.24, 2.45) is 0 Å². The number of allylic oxidation sites excluding steroid dienone is 6. The van der Waals surface area contributed by atoms with Crippen LogP contribution >= 0.6 is 0 Å². The summed E-state index contributed by atoms with van der Waals surface area (Å²) in [6.07, 6.45) is 10.0. The van der Waals surface area contributed by atoms with Gasteiger partial charge in [-0.05, 0) is 13.8 Å². The molecule has 0 aromatic rings. The van der Waals surface area contributed by atoms with E-state index in [4.69, 9.17) is 0 Å². The Labute approximate surface area is 94.5 Å². The molecule has 1 aliphatic rings. The van der Waals surface area contributed by atoms with Crippen LogP contribution in [0, 0.1) is 6.08 Å². The molecule has 0 bridgehead atoms. The van der Waals surface area contributed by atoms with Crippen LogP contribution in [-0.2, 0) is 25.8 Å². The summed E-state index contributed by atoms with van der Waals surface area (Å²) in [5.41, 5.74) is 2.13. The van der Waals surface area contributed by atoms with Gasteiger partial charge in [0.2, 0.25) is 0 Å². The van der Waals surface area contributed by atoms with E-state index < -0.39 is 0 Å². The van der Waals surface area contributed by atoms with Gasteiger partial charge in [0, 0.05) is 25.8 Å². The molecule has 12 heavy (non-hydrogen) atoms. The summed E-state index contributed by atoms with van der Waals surface area (Å²) < 4.78 is 0. The van der Waals surface area contributed by atoms with Crippen molar-refractivity contribution in [3.05, 3.63) is 48.6 Å². The second-order valence-corrected chi connectivity index (χ2v) is 2.56. The van der Waals surface area contributed by atoms with Crippen molar-refractivity contribution in [3.8, 4) is 0 Å². The van der Waals surface area contributed by atoms with E-state index in [1.165, 1.54) is 0 Å². The monoisotopic (exact) mass is 327 g/mol. The average Bonchev–Trinajstić information content (AvgIpc) is 2.41.